The Kier molecular flexibility index (Phi) is 5.49. The van der Waals surface area contributed by atoms with Crippen LogP contribution in [0.2, 0.25) is 10.0 Å². The molecule has 0 radical (unpaired) electrons. The maximum Gasteiger partial charge on any atom is 0.241 e. The molecule has 2 rings (SSSR count). The van der Waals surface area contributed by atoms with Gasteiger partial charge in [-0.3, -0.25) is 9.69 Å². The number of hydrogen-bond donors (Lipinski definition) is 1. The molecule has 1 aliphatic rings. The highest BCUT2D eigenvalue weighted by atomic mass is 35.5. The number of carbonyl (C=O) groups excluding carboxylic acids is 1. The predicted molar refractivity (Wildman–Crippen MR) is 86.1 cm³/mol. The molecule has 0 aliphatic carbocycles. The van der Waals surface area contributed by atoms with E-state index in [-0.39, 0.29) is 24.2 Å². The monoisotopic (exact) mass is 330 g/mol. The molecule has 0 aromatic heterocycles. The molecule has 1 amide bonds. The Morgan fingerprint density at radius 1 is 1.33 bits per heavy atom. The number of anilines is 1. The lowest BCUT2D eigenvalue weighted by Gasteiger charge is -2.38. The number of carbonyl (C=O) groups is 1. The molecule has 0 unspecified atom stereocenters. The van der Waals surface area contributed by atoms with Crippen molar-refractivity contribution < 1.29 is 9.53 Å². The fourth-order valence-corrected chi connectivity index (χ4v) is 2.98. The second kappa shape index (κ2) is 6.97. The molecule has 0 spiro atoms. The van der Waals surface area contributed by atoms with Gasteiger partial charge >= 0.3 is 0 Å². The van der Waals surface area contributed by atoms with E-state index in [1.54, 1.807) is 18.2 Å². The van der Waals surface area contributed by atoms with Gasteiger partial charge in [0.25, 0.3) is 0 Å². The van der Waals surface area contributed by atoms with E-state index in [0.29, 0.717) is 15.7 Å². The molecule has 1 aliphatic heterocycles. The maximum absolute atomic E-state index is 12.4. The zero-order valence-corrected chi connectivity index (χ0v) is 13.9. The van der Waals surface area contributed by atoms with E-state index in [0.717, 1.165) is 13.1 Å². The van der Waals surface area contributed by atoms with Gasteiger partial charge in [-0.15, -0.1) is 0 Å². The number of ether oxygens (including phenoxy) is 1. The van der Waals surface area contributed by atoms with Crippen LogP contribution in [0, 0.1) is 0 Å². The van der Waals surface area contributed by atoms with Crippen LogP contribution in [0.4, 0.5) is 5.69 Å². The van der Waals surface area contributed by atoms with Crippen molar-refractivity contribution in [1.29, 1.82) is 0 Å². The molecule has 0 saturated carbocycles. The smallest absolute Gasteiger partial charge is 0.241 e. The van der Waals surface area contributed by atoms with Crippen molar-refractivity contribution in [2.75, 3.05) is 18.4 Å². The number of nitrogens with one attached hydrogen (secondary N) is 1. The van der Waals surface area contributed by atoms with Crippen LogP contribution in [0.25, 0.3) is 0 Å². The van der Waals surface area contributed by atoms with Crippen molar-refractivity contribution in [2.24, 2.45) is 0 Å². The molecule has 1 aromatic carbocycles. The van der Waals surface area contributed by atoms with Crippen LogP contribution in [-0.2, 0) is 9.53 Å². The summed E-state index contributed by atoms with van der Waals surface area (Å²) in [4.78, 5) is 14.5. The van der Waals surface area contributed by atoms with E-state index in [9.17, 15) is 4.79 Å². The molecular weight excluding hydrogens is 311 g/mol. The van der Waals surface area contributed by atoms with Gasteiger partial charge in [0, 0.05) is 18.1 Å². The van der Waals surface area contributed by atoms with Gasteiger partial charge < -0.3 is 10.1 Å². The number of halogens is 2. The van der Waals surface area contributed by atoms with Gasteiger partial charge in [-0.1, -0.05) is 23.2 Å². The predicted octanol–water partition coefficient (Wildman–Crippen LogP) is 3.43. The molecule has 3 atom stereocenters. The first-order valence-corrected chi connectivity index (χ1v) is 7.78. The first-order valence-electron chi connectivity index (χ1n) is 7.02. The maximum atomic E-state index is 12.4. The molecule has 0 bridgehead atoms. The number of rotatable bonds is 3. The average molecular weight is 331 g/mol. The van der Waals surface area contributed by atoms with Crippen molar-refractivity contribution in [2.45, 2.75) is 39.0 Å². The zero-order valence-electron chi connectivity index (χ0n) is 12.4. The van der Waals surface area contributed by atoms with E-state index in [1.165, 1.54) is 0 Å². The Morgan fingerprint density at radius 2 is 1.95 bits per heavy atom. The van der Waals surface area contributed by atoms with Crippen molar-refractivity contribution in [3.63, 3.8) is 0 Å². The van der Waals surface area contributed by atoms with E-state index in [1.807, 2.05) is 20.8 Å². The van der Waals surface area contributed by atoms with Gasteiger partial charge in [0.1, 0.15) is 0 Å². The largest absolute Gasteiger partial charge is 0.373 e. The van der Waals surface area contributed by atoms with E-state index in [2.05, 4.69) is 10.2 Å². The summed E-state index contributed by atoms with van der Waals surface area (Å²) in [7, 11) is 0. The first kappa shape index (κ1) is 16.6. The van der Waals surface area contributed by atoms with Crippen molar-refractivity contribution >= 4 is 34.8 Å². The highest BCUT2D eigenvalue weighted by molar-refractivity contribution is 6.36. The quantitative estimate of drug-likeness (QED) is 0.923. The number of morpholine rings is 1. The van der Waals surface area contributed by atoms with Crippen LogP contribution in [0.3, 0.4) is 0 Å². The van der Waals surface area contributed by atoms with Gasteiger partial charge in [-0.2, -0.15) is 0 Å². The summed E-state index contributed by atoms with van der Waals surface area (Å²) in [5, 5.41) is 3.83. The molecule has 21 heavy (non-hydrogen) atoms. The normalized spacial score (nSPS) is 24.6. The van der Waals surface area contributed by atoms with Crippen LogP contribution in [-0.4, -0.2) is 42.1 Å². The highest BCUT2D eigenvalue weighted by Crippen LogP contribution is 2.26. The van der Waals surface area contributed by atoms with Gasteiger partial charge in [-0.25, -0.2) is 0 Å². The molecule has 116 valence electrons. The summed E-state index contributed by atoms with van der Waals surface area (Å²) in [6.07, 6.45) is 0.256. The summed E-state index contributed by atoms with van der Waals surface area (Å²) in [6.45, 7) is 7.41. The van der Waals surface area contributed by atoms with Crippen molar-refractivity contribution in [3.8, 4) is 0 Å². The number of benzene rings is 1. The number of nitrogens with zero attached hydrogens (tertiary/aromatic N) is 1. The zero-order chi connectivity index (χ0) is 15.6. The minimum Gasteiger partial charge on any atom is -0.373 e. The van der Waals surface area contributed by atoms with E-state index >= 15 is 0 Å². The summed E-state index contributed by atoms with van der Waals surface area (Å²) in [6, 6.07) is 4.78. The van der Waals surface area contributed by atoms with Gasteiger partial charge in [0.2, 0.25) is 5.91 Å². The SMILES string of the molecule is C[C@H]1CN([C@@H](C)C(=O)Nc2ccc(Cl)cc2Cl)C[C@H](C)O1. The fourth-order valence-electron chi connectivity index (χ4n) is 2.53. The first-order chi connectivity index (χ1) is 9.86. The fraction of sp³-hybridized carbons (Fsp3) is 0.533. The lowest BCUT2D eigenvalue weighted by molar-refractivity contribution is -0.126. The van der Waals surface area contributed by atoms with E-state index in [4.69, 9.17) is 27.9 Å². The van der Waals surface area contributed by atoms with Gasteiger partial charge in [-0.05, 0) is 39.0 Å². The van der Waals surface area contributed by atoms with Crippen LogP contribution in [0.5, 0.6) is 0 Å². The second-order valence-corrected chi connectivity index (χ2v) is 6.34. The van der Waals surface area contributed by atoms with E-state index < -0.39 is 0 Å². The molecule has 1 N–H and O–H groups in total. The minimum absolute atomic E-state index is 0.0828. The third kappa shape index (κ3) is 4.33. The third-order valence-electron chi connectivity index (χ3n) is 3.56. The molecule has 1 heterocycles. The Bertz CT molecular complexity index is 514. The molecular formula is C15H20Cl2N2O2. The minimum atomic E-state index is -0.245. The van der Waals surface area contributed by atoms with Crippen molar-refractivity contribution in [1.82, 2.24) is 4.90 Å². The summed E-state index contributed by atoms with van der Waals surface area (Å²) < 4.78 is 5.69. The Hall–Kier alpha value is -0.810. The second-order valence-electron chi connectivity index (χ2n) is 5.50. The van der Waals surface area contributed by atoms with Crippen LogP contribution in [0.15, 0.2) is 18.2 Å². The standard InChI is InChI=1S/C15H20Cl2N2O2/c1-9-7-19(8-10(2)21-9)11(3)15(20)18-14-5-4-12(16)6-13(14)17/h4-6,9-11H,7-8H2,1-3H3,(H,18,20)/t9-,10-,11-/m0/s1. The van der Waals surface area contributed by atoms with Gasteiger partial charge in [0.05, 0.1) is 29.0 Å². The third-order valence-corrected chi connectivity index (χ3v) is 4.11. The van der Waals surface area contributed by atoms with Crippen molar-refractivity contribution in [3.05, 3.63) is 28.2 Å². The average Bonchev–Trinajstić information content (AvgIpc) is 2.40. The number of hydrogen-bond acceptors (Lipinski definition) is 3. The topological polar surface area (TPSA) is 41.6 Å². The van der Waals surface area contributed by atoms with Crippen LogP contribution in [0.1, 0.15) is 20.8 Å². The number of amides is 1. The van der Waals surface area contributed by atoms with Gasteiger partial charge in [0.15, 0.2) is 0 Å². The highest BCUT2D eigenvalue weighted by Gasteiger charge is 2.29. The molecule has 1 aromatic rings. The summed E-state index contributed by atoms with van der Waals surface area (Å²) in [5.74, 6) is -0.0828. The van der Waals surface area contributed by atoms with Crippen LogP contribution < -0.4 is 5.32 Å². The lowest BCUT2D eigenvalue weighted by atomic mass is 10.1. The Morgan fingerprint density at radius 3 is 2.52 bits per heavy atom. The molecule has 6 heteroatoms. The molecule has 4 nitrogen and oxygen atoms in total. The Labute approximate surface area is 135 Å². The molecule has 1 fully saturated rings. The Balaban J connectivity index is 2.02. The summed E-state index contributed by atoms with van der Waals surface area (Å²) in [5.41, 5.74) is 0.576. The summed E-state index contributed by atoms with van der Waals surface area (Å²) >= 11 is 11.9. The van der Waals surface area contributed by atoms with Crippen LogP contribution >= 0.6 is 23.2 Å². The molecule has 1 saturated heterocycles. The lowest BCUT2D eigenvalue weighted by Crippen LogP contribution is -2.52.